The highest BCUT2D eigenvalue weighted by Crippen LogP contribution is 2.53. The largest absolute Gasteiger partial charge is 0.0878 e. The molecule has 11 heavy (non-hydrogen) atoms. The van der Waals surface area contributed by atoms with Gasteiger partial charge in [0.25, 0.3) is 0 Å². The van der Waals surface area contributed by atoms with Crippen LogP contribution in [-0.4, -0.2) is 0 Å². The number of fused-ring (bicyclic) bond motifs is 2. The summed E-state index contributed by atoms with van der Waals surface area (Å²) >= 11 is 0. The average Bonchev–Trinajstić information content (AvgIpc) is 2.61. The molecular formula is C11H16. The van der Waals surface area contributed by atoms with Gasteiger partial charge < -0.3 is 0 Å². The first-order valence-electron chi connectivity index (χ1n) is 4.64. The molecular weight excluding hydrogens is 132 g/mol. The molecule has 0 nitrogen and oxygen atoms in total. The Kier molecular flexibility index (Phi) is 1.45. The fraction of sp³-hybridized carbons (Fsp3) is 0.636. The van der Waals surface area contributed by atoms with Crippen molar-refractivity contribution in [1.29, 1.82) is 0 Å². The summed E-state index contributed by atoms with van der Waals surface area (Å²) in [4.78, 5) is 0. The van der Waals surface area contributed by atoms with E-state index in [-0.39, 0.29) is 0 Å². The van der Waals surface area contributed by atoms with Gasteiger partial charge in [-0.3, -0.25) is 0 Å². The van der Waals surface area contributed by atoms with Gasteiger partial charge in [-0.25, -0.2) is 0 Å². The van der Waals surface area contributed by atoms with Crippen LogP contribution in [0.5, 0.6) is 0 Å². The summed E-state index contributed by atoms with van der Waals surface area (Å²) in [7, 11) is 0. The third kappa shape index (κ3) is 0.885. The predicted octanol–water partition coefficient (Wildman–Crippen LogP) is 3.31. The van der Waals surface area contributed by atoms with E-state index in [9.17, 15) is 0 Å². The Morgan fingerprint density at radius 2 is 2.55 bits per heavy atom. The first kappa shape index (κ1) is 7.15. The quantitative estimate of drug-likeness (QED) is 0.500. The minimum absolute atomic E-state index is 0.576. The summed E-state index contributed by atoms with van der Waals surface area (Å²) < 4.78 is 0. The van der Waals surface area contributed by atoms with Crippen LogP contribution in [0.2, 0.25) is 0 Å². The Labute approximate surface area is 69.0 Å². The molecule has 2 unspecified atom stereocenters. The van der Waals surface area contributed by atoms with Gasteiger partial charge >= 0.3 is 0 Å². The maximum Gasteiger partial charge on any atom is -0.00145 e. The molecule has 2 bridgehead atoms. The SMILES string of the molecule is CC=C1CC2(CC)C=CC1C2. The molecule has 0 aromatic heterocycles. The highest BCUT2D eigenvalue weighted by atomic mass is 14.5. The van der Waals surface area contributed by atoms with Crippen LogP contribution in [0.15, 0.2) is 23.8 Å². The molecule has 1 saturated carbocycles. The van der Waals surface area contributed by atoms with E-state index >= 15 is 0 Å². The van der Waals surface area contributed by atoms with Gasteiger partial charge in [-0.1, -0.05) is 30.7 Å². The first-order chi connectivity index (χ1) is 5.29. The molecule has 0 spiro atoms. The summed E-state index contributed by atoms with van der Waals surface area (Å²) in [5.41, 5.74) is 2.25. The second-order valence-electron chi connectivity index (χ2n) is 3.93. The normalized spacial score (nSPS) is 44.2. The average molecular weight is 148 g/mol. The van der Waals surface area contributed by atoms with E-state index < -0.39 is 0 Å². The highest BCUT2D eigenvalue weighted by Gasteiger charge is 2.41. The molecule has 0 aromatic carbocycles. The Bertz CT molecular complexity index is 222. The molecule has 0 N–H and O–H groups in total. The van der Waals surface area contributed by atoms with Crippen LogP contribution in [-0.2, 0) is 0 Å². The minimum Gasteiger partial charge on any atom is -0.0878 e. The van der Waals surface area contributed by atoms with E-state index in [4.69, 9.17) is 0 Å². The number of hydrogen-bond acceptors (Lipinski definition) is 0. The van der Waals surface area contributed by atoms with Crippen molar-refractivity contribution in [3.05, 3.63) is 23.8 Å². The van der Waals surface area contributed by atoms with Crippen molar-refractivity contribution >= 4 is 0 Å². The van der Waals surface area contributed by atoms with Crippen molar-refractivity contribution in [2.75, 3.05) is 0 Å². The van der Waals surface area contributed by atoms with Gasteiger partial charge in [-0.15, -0.1) is 0 Å². The minimum atomic E-state index is 0.576. The molecule has 2 aliphatic carbocycles. The van der Waals surface area contributed by atoms with Gasteiger partial charge in [0.05, 0.1) is 0 Å². The molecule has 60 valence electrons. The second kappa shape index (κ2) is 2.23. The van der Waals surface area contributed by atoms with Crippen molar-refractivity contribution in [2.45, 2.75) is 33.1 Å². The number of allylic oxidation sites excluding steroid dienone is 4. The van der Waals surface area contributed by atoms with Gasteiger partial charge in [0.2, 0.25) is 0 Å². The third-order valence-electron chi connectivity index (χ3n) is 3.42. The van der Waals surface area contributed by atoms with Crippen molar-refractivity contribution in [3.63, 3.8) is 0 Å². The molecule has 1 fully saturated rings. The molecule has 0 saturated heterocycles. The van der Waals surface area contributed by atoms with Crippen molar-refractivity contribution < 1.29 is 0 Å². The molecule has 2 atom stereocenters. The van der Waals surface area contributed by atoms with Crippen LogP contribution in [0.3, 0.4) is 0 Å². The maximum absolute atomic E-state index is 2.45. The predicted molar refractivity (Wildman–Crippen MR) is 48.3 cm³/mol. The smallest absolute Gasteiger partial charge is 0.00145 e. The first-order valence-corrected chi connectivity index (χ1v) is 4.64. The van der Waals surface area contributed by atoms with E-state index in [1.807, 2.05) is 0 Å². The topological polar surface area (TPSA) is 0 Å². The lowest BCUT2D eigenvalue weighted by Gasteiger charge is -2.20. The monoisotopic (exact) mass is 148 g/mol. The Balaban J connectivity index is 2.29. The highest BCUT2D eigenvalue weighted by molar-refractivity contribution is 5.31. The molecule has 0 amide bonds. The van der Waals surface area contributed by atoms with Crippen LogP contribution in [0.25, 0.3) is 0 Å². The Morgan fingerprint density at radius 3 is 3.00 bits per heavy atom. The molecule has 2 rings (SSSR count). The van der Waals surface area contributed by atoms with Crippen molar-refractivity contribution in [3.8, 4) is 0 Å². The zero-order valence-electron chi connectivity index (χ0n) is 7.43. The number of rotatable bonds is 1. The Morgan fingerprint density at radius 1 is 1.73 bits per heavy atom. The standard InChI is InChI=1S/C11H16/c1-3-9-7-11(4-2)6-5-10(9)8-11/h3,5-6,10H,4,7-8H2,1-2H3. The van der Waals surface area contributed by atoms with E-state index in [1.54, 1.807) is 5.57 Å². The third-order valence-corrected chi connectivity index (χ3v) is 3.42. The summed E-state index contributed by atoms with van der Waals surface area (Å²) in [6.45, 7) is 4.48. The molecule has 0 aliphatic heterocycles. The summed E-state index contributed by atoms with van der Waals surface area (Å²) in [6.07, 6.45) is 11.2. The van der Waals surface area contributed by atoms with Gasteiger partial charge in [0.1, 0.15) is 0 Å². The van der Waals surface area contributed by atoms with Crippen molar-refractivity contribution in [2.24, 2.45) is 11.3 Å². The fourth-order valence-electron chi connectivity index (χ4n) is 2.52. The molecule has 0 heteroatoms. The Hall–Kier alpha value is -0.520. The second-order valence-corrected chi connectivity index (χ2v) is 3.93. The summed E-state index contributed by atoms with van der Waals surface area (Å²) in [5, 5.41) is 0. The van der Waals surface area contributed by atoms with Crippen LogP contribution in [0.1, 0.15) is 33.1 Å². The van der Waals surface area contributed by atoms with E-state index in [0.717, 1.165) is 5.92 Å². The van der Waals surface area contributed by atoms with E-state index in [2.05, 4.69) is 32.1 Å². The lowest BCUT2D eigenvalue weighted by molar-refractivity contribution is 0.395. The number of hydrogen-bond donors (Lipinski definition) is 0. The molecule has 0 heterocycles. The molecule has 0 radical (unpaired) electrons. The lowest BCUT2D eigenvalue weighted by Crippen LogP contribution is -2.08. The summed E-state index contributed by atoms with van der Waals surface area (Å²) in [5.74, 6) is 0.806. The van der Waals surface area contributed by atoms with Gasteiger partial charge in [0, 0.05) is 0 Å². The summed E-state index contributed by atoms with van der Waals surface area (Å²) in [6, 6.07) is 0. The molecule has 0 aromatic rings. The van der Waals surface area contributed by atoms with Crippen LogP contribution in [0.4, 0.5) is 0 Å². The lowest BCUT2D eigenvalue weighted by atomic mass is 9.84. The van der Waals surface area contributed by atoms with Gasteiger partial charge in [-0.05, 0) is 37.5 Å². The van der Waals surface area contributed by atoms with Crippen LogP contribution >= 0.6 is 0 Å². The van der Waals surface area contributed by atoms with Crippen LogP contribution in [0, 0.1) is 11.3 Å². The van der Waals surface area contributed by atoms with Gasteiger partial charge in [0.15, 0.2) is 0 Å². The van der Waals surface area contributed by atoms with Crippen LogP contribution < -0.4 is 0 Å². The van der Waals surface area contributed by atoms with E-state index in [1.165, 1.54) is 19.3 Å². The molecule has 2 aliphatic rings. The zero-order chi connectivity index (χ0) is 7.90. The van der Waals surface area contributed by atoms with Crippen molar-refractivity contribution in [1.82, 2.24) is 0 Å². The van der Waals surface area contributed by atoms with E-state index in [0.29, 0.717) is 5.41 Å². The maximum atomic E-state index is 2.45. The van der Waals surface area contributed by atoms with Gasteiger partial charge in [-0.2, -0.15) is 0 Å². The fourth-order valence-corrected chi connectivity index (χ4v) is 2.52. The zero-order valence-corrected chi connectivity index (χ0v) is 7.43.